The fourth-order valence-corrected chi connectivity index (χ4v) is 1.96. The van der Waals surface area contributed by atoms with Crippen molar-refractivity contribution in [1.29, 1.82) is 0 Å². The van der Waals surface area contributed by atoms with Crippen LogP contribution in [0.25, 0.3) is 0 Å². The molecule has 1 saturated carbocycles. The first-order valence-corrected chi connectivity index (χ1v) is 5.07. The highest BCUT2D eigenvalue weighted by Gasteiger charge is 2.43. The van der Waals surface area contributed by atoms with E-state index >= 15 is 0 Å². The minimum atomic E-state index is -0.734. The van der Waals surface area contributed by atoms with Gasteiger partial charge in [-0.1, -0.05) is 12.8 Å². The molecule has 0 saturated heterocycles. The van der Waals surface area contributed by atoms with Crippen LogP contribution >= 0.6 is 0 Å². The number of amides is 1. The molecule has 4 heteroatoms. The first-order valence-electron chi connectivity index (χ1n) is 5.07. The van der Waals surface area contributed by atoms with E-state index in [0.29, 0.717) is 19.4 Å². The number of hydrogen-bond donors (Lipinski definition) is 1. The van der Waals surface area contributed by atoms with Gasteiger partial charge in [-0.3, -0.25) is 4.79 Å². The number of carbonyl (C=O) groups excluding carboxylic acids is 2. The molecule has 0 aliphatic heterocycles. The highest BCUT2D eigenvalue weighted by Crippen LogP contribution is 2.30. The molecule has 0 radical (unpaired) electrons. The van der Waals surface area contributed by atoms with Gasteiger partial charge in [-0.15, -0.1) is 0 Å². The third kappa shape index (κ3) is 2.25. The molecule has 0 aromatic rings. The molecular formula is C10H17NO3. The molecule has 1 N–H and O–H groups in total. The molecule has 1 rings (SSSR count). The lowest BCUT2D eigenvalue weighted by molar-refractivity contribution is -0.153. The second kappa shape index (κ2) is 4.44. The van der Waals surface area contributed by atoms with Gasteiger partial charge in [-0.2, -0.15) is 0 Å². The van der Waals surface area contributed by atoms with Crippen LogP contribution < -0.4 is 5.32 Å². The maximum absolute atomic E-state index is 11.7. The van der Waals surface area contributed by atoms with Crippen LogP contribution in [0.2, 0.25) is 0 Å². The highest BCUT2D eigenvalue weighted by molar-refractivity contribution is 5.87. The van der Waals surface area contributed by atoms with Gasteiger partial charge in [-0.25, -0.2) is 4.79 Å². The molecule has 0 bridgehead atoms. The van der Waals surface area contributed by atoms with Crippen LogP contribution in [0.5, 0.6) is 0 Å². The molecule has 14 heavy (non-hydrogen) atoms. The Bertz CT molecular complexity index is 232. The lowest BCUT2D eigenvalue weighted by Gasteiger charge is -2.26. The summed E-state index contributed by atoms with van der Waals surface area (Å²) in [7, 11) is 0. The van der Waals surface area contributed by atoms with Crippen molar-refractivity contribution in [3.63, 3.8) is 0 Å². The summed E-state index contributed by atoms with van der Waals surface area (Å²) in [6, 6.07) is 0. The topological polar surface area (TPSA) is 55.4 Å². The monoisotopic (exact) mass is 199 g/mol. The average molecular weight is 199 g/mol. The third-order valence-electron chi connectivity index (χ3n) is 2.54. The van der Waals surface area contributed by atoms with Crippen molar-refractivity contribution in [2.24, 2.45) is 0 Å². The van der Waals surface area contributed by atoms with Gasteiger partial charge in [0.2, 0.25) is 5.91 Å². The van der Waals surface area contributed by atoms with Gasteiger partial charge in [0.15, 0.2) is 0 Å². The summed E-state index contributed by atoms with van der Waals surface area (Å²) in [5.74, 6) is -0.451. The fourth-order valence-electron chi connectivity index (χ4n) is 1.96. The van der Waals surface area contributed by atoms with Crippen LogP contribution in [0, 0.1) is 0 Å². The minimum absolute atomic E-state index is 0.167. The van der Waals surface area contributed by atoms with E-state index in [-0.39, 0.29) is 11.9 Å². The van der Waals surface area contributed by atoms with Crippen molar-refractivity contribution in [3.8, 4) is 0 Å². The molecule has 0 aromatic carbocycles. The number of nitrogens with one attached hydrogen (secondary N) is 1. The number of hydrogen-bond acceptors (Lipinski definition) is 3. The van der Waals surface area contributed by atoms with Gasteiger partial charge in [-0.05, 0) is 19.8 Å². The van der Waals surface area contributed by atoms with Crippen LogP contribution in [-0.4, -0.2) is 24.0 Å². The van der Waals surface area contributed by atoms with Gasteiger partial charge in [0.1, 0.15) is 5.54 Å². The van der Waals surface area contributed by atoms with Crippen LogP contribution in [0.3, 0.4) is 0 Å². The average Bonchev–Trinajstić information content (AvgIpc) is 2.53. The van der Waals surface area contributed by atoms with Crippen LogP contribution in [0.1, 0.15) is 39.5 Å². The van der Waals surface area contributed by atoms with Gasteiger partial charge in [0.25, 0.3) is 0 Å². The standard InChI is InChI=1S/C10H17NO3/c1-3-14-9(13)10(11-8(2)12)6-4-5-7-10/h3-7H2,1-2H3,(H,11,12). The van der Waals surface area contributed by atoms with Crippen molar-refractivity contribution in [1.82, 2.24) is 5.32 Å². The zero-order valence-corrected chi connectivity index (χ0v) is 8.76. The van der Waals surface area contributed by atoms with E-state index in [1.807, 2.05) is 0 Å². The molecule has 0 unspecified atom stereocenters. The molecule has 1 fully saturated rings. The van der Waals surface area contributed by atoms with E-state index in [2.05, 4.69) is 5.32 Å². The molecule has 0 aromatic heterocycles. The molecule has 1 aliphatic rings. The van der Waals surface area contributed by atoms with E-state index in [4.69, 9.17) is 4.74 Å². The van der Waals surface area contributed by atoms with Gasteiger partial charge >= 0.3 is 5.97 Å². The predicted molar refractivity (Wildman–Crippen MR) is 51.6 cm³/mol. The van der Waals surface area contributed by atoms with Crippen molar-refractivity contribution in [2.45, 2.75) is 45.1 Å². The van der Waals surface area contributed by atoms with Crippen molar-refractivity contribution in [2.75, 3.05) is 6.61 Å². The normalized spacial score (nSPS) is 19.0. The summed E-state index contributed by atoms with van der Waals surface area (Å²) < 4.78 is 4.98. The summed E-state index contributed by atoms with van der Waals surface area (Å²) in [4.78, 5) is 22.7. The molecule has 1 aliphatic carbocycles. The summed E-state index contributed by atoms with van der Waals surface area (Å²) >= 11 is 0. The zero-order valence-electron chi connectivity index (χ0n) is 8.76. The van der Waals surface area contributed by atoms with Crippen LogP contribution in [-0.2, 0) is 14.3 Å². The third-order valence-corrected chi connectivity index (χ3v) is 2.54. The second-order valence-corrected chi connectivity index (χ2v) is 3.69. The summed E-state index contributed by atoms with van der Waals surface area (Å²) in [6.45, 7) is 3.56. The van der Waals surface area contributed by atoms with Crippen molar-refractivity contribution in [3.05, 3.63) is 0 Å². The molecule has 80 valence electrons. The van der Waals surface area contributed by atoms with Gasteiger partial charge < -0.3 is 10.1 Å². The lowest BCUT2D eigenvalue weighted by Crippen LogP contribution is -2.52. The first-order chi connectivity index (χ1) is 6.60. The van der Waals surface area contributed by atoms with E-state index < -0.39 is 5.54 Å². The molecule has 0 heterocycles. The number of esters is 1. The maximum atomic E-state index is 11.7. The molecule has 0 spiro atoms. The number of rotatable bonds is 3. The van der Waals surface area contributed by atoms with Crippen molar-refractivity contribution >= 4 is 11.9 Å². The SMILES string of the molecule is CCOC(=O)C1(NC(C)=O)CCCC1. The zero-order chi connectivity index (χ0) is 10.6. The molecule has 4 nitrogen and oxygen atoms in total. The maximum Gasteiger partial charge on any atom is 0.331 e. The van der Waals surface area contributed by atoms with Gasteiger partial charge in [0.05, 0.1) is 6.61 Å². The first kappa shape index (κ1) is 11.0. The van der Waals surface area contributed by atoms with Gasteiger partial charge in [0, 0.05) is 6.92 Å². The summed E-state index contributed by atoms with van der Waals surface area (Å²) in [6.07, 6.45) is 3.34. The smallest absolute Gasteiger partial charge is 0.331 e. The number of carbonyl (C=O) groups is 2. The lowest BCUT2D eigenvalue weighted by atomic mass is 9.98. The minimum Gasteiger partial charge on any atom is -0.464 e. The Morgan fingerprint density at radius 1 is 1.36 bits per heavy atom. The molecule has 0 atom stereocenters. The Morgan fingerprint density at radius 3 is 2.36 bits per heavy atom. The van der Waals surface area contributed by atoms with E-state index in [0.717, 1.165) is 12.8 Å². The summed E-state index contributed by atoms with van der Waals surface area (Å²) in [5.41, 5.74) is -0.734. The summed E-state index contributed by atoms with van der Waals surface area (Å²) in [5, 5.41) is 2.73. The van der Waals surface area contributed by atoms with Crippen molar-refractivity contribution < 1.29 is 14.3 Å². The van der Waals surface area contributed by atoms with Crippen LogP contribution in [0.4, 0.5) is 0 Å². The second-order valence-electron chi connectivity index (χ2n) is 3.69. The molecular weight excluding hydrogens is 182 g/mol. The van der Waals surface area contributed by atoms with Crippen LogP contribution in [0.15, 0.2) is 0 Å². The van der Waals surface area contributed by atoms with E-state index in [1.54, 1.807) is 6.92 Å². The quantitative estimate of drug-likeness (QED) is 0.690. The largest absolute Gasteiger partial charge is 0.464 e. The Kier molecular flexibility index (Phi) is 3.49. The Hall–Kier alpha value is -1.06. The molecule has 1 amide bonds. The Balaban J connectivity index is 2.70. The van der Waals surface area contributed by atoms with E-state index in [1.165, 1.54) is 6.92 Å². The Morgan fingerprint density at radius 2 is 1.93 bits per heavy atom. The highest BCUT2D eigenvalue weighted by atomic mass is 16.5. The number of ether oxygens (including phenoxy) is 1. The predicted octanol–water partition coefficient (Wildman–Crippen LogP) is 0.998. The Labute approximate surface area is 84.0 Å². The fraction of sp³-hybridized carbons (Fsp3) is 0.800. The van der Waals surface area contributed by atoms with E-state index in [9.17, 15) is 9.59 Å².